The summed E-state index contributed by atoms with van der Waals surface area (Å²) in [6.07, 6.45) is 0. The van der Waals surface area contributed by atoms with Gasteiger partial charge < -0.3 is 15.2 Å². The maximum atomic E-state index is 14.0. The number of nitrogens with one attached hydrogen (secondary N) is 1. The Labute approximate surface area is 247 Å². The monoisotopic (exact) mass is 607 g/mol. The number of anilines is 2. The van der Waals surface area contributed by atoms with Crippen LogP contribution in [0.2, 0.25) is 5.02 Å². The van der Waals surface area contributed by atoms with E-state index in [0.29, 0.717) is 31.9 Å². The fourth-order valence-electron chi connectivity index (χ4n) is 5.21. The van der Waals surface area contributed by atoms with Gasteiger partial charge in [0.1, 0.15) is 11.8 Å². The van der Waals surface area contributed by atoms with E-state index < -0.39 is 34.8 Å². The number of aromatic nitrogens is 1. The Hall–Kier alpha value is -4.06. The van der Waals surface area contributed by atoms with Gasteiger partial charge in [-0.3, -0.25) is 23.7 Å². The summed E-state index contributed by atoms with van der Waals surface area (Å²) in [5.74, 6) is -2.66. The predicted octanol–water partition coefficient (Wildman–Crippen LogP) is 4.71. The van der Waals surface area contributed by atoms with Crippen LogP contribution >= 0.6 is 34.7 Å². The van der Waals surface area contributed by atoms with Gasteiger partial charge in [0.15, 0.2) is 11.5 Å². The molecular formula is C29H22ClN3O6S2. The summed E-state index contributed by atoms with van der Waals surface area (Å²) in [7, 11) is 1.41. The summed E-state index contributed by atoms with van der Waals surface area (Å²) < 4.78 is 6.67. The van der Waals surface area contributed by atoms with Gasteiger partial charge in [0, 0.05) is 21.5 Å². The molecule has 3 heterocycles. The number of halogens is 1. The molecule has 6 rings (SSSR count). The van der Waals surface area contributed by atoms with Gasteiger partial charge in [0.2, 0.25) is 17.7 Å². The Bertz CT molecular complexity index is 1740. The number of para-hydroxylation sites is 1. The van der Waals surface area contributed by atoms with Gasteiger partial charge in [0.25, 0.3) is 0 Å². The second-order valence-corrected chi connectivity index (χ2v) is 12.1. The number of nitrogens with zero attached hydrogens (tertiary/aromatic N) is 2. The average molecular weight is 608 g/mol. The number of thioether (sulfide) groups is 1. The minimum atomic E-state index is -0.854. The number of fused-ring (bicyclic) bond motifs is 2. The van der Waals surface area contributed by atoms with Crippen molar-refractivity contribution in [1.29, 1.82) is 0 Å². The zero-order valence-electron chi connectivity index (χ0n) is 21.4. The molecule has 3 unspecified atom stereocenters. The number of thiazole rings is 1. The largest absolute Gasteiger partial charge is 0.504 e. The molecule has 2 N–H and O–H groups in total. The molecule has 0 aliphatic carbocycles. The Morgan fingerprint density at radius 3 is 2.46 bits per heavy atom. The fraction of sp³-hybridized carbons (Fsp3) is 0.172. The first-order chi connectivity index (χ1) is 19.8. The van der Waals surface area contributed by atoms with Crippen LogP contribution < -0.4 is 19.8 Å². The van der Waals surface area contributed by atoms with Crippen molar-refractivity contribution in [3.05, 3.63) is 97.9 Å². The summed E-state index contributed by atoms with van der Waals surface area (Å²) in [5.41, 5.74) is 1.58. The van der Waals surface area contributed by atoms with Crippen molar-refractivity contribution < 1.29 is 24.2 Å². The number of hydrogen-bond acceptors (Lipinski definition) is 8. The van der Waals surface area contributed by atoms with Crippen molar-refractivity contribution in [3.8, 4) is 11.5 Å². The molecule has 0 bridgehead atoms. The summed E-state index contributed by atoms with van der Waals surface area (Å²) >= 11 is 8.10. The number of phenols is 1. The Morgan fingerprint density at radius 2 is 1.76 bits per heavy atom. The van der Waals surface area contributed by atoms with E-state index >= 15 is 0 Å². The van der Waals surface area contributed by atoms with Crippen LogP contribution in [-0.4, -0.2) is 39.8 Å². The Kier molecular flexibility index (Phi) is 7.10. The van der Waals surface area contributed by atoms with E-state index in [2.05, 4.69) is 5.32 Å². The van der Waals surface area contributed by atoms with Crippen LogP contribution in [0.25, 0.3) is 0 Å². The third-order valence-corrected chi connectivity index (χ3v) is 9.91. The van der Waals surface area contributed by atoms with Crippen molar-refractivity contribution in [2.24, 2.45) is 5.92 Å². The van der Waals surface area contributed by atoms with Crippen LogP contribution in [0, 0.1) is 5.92 Å². The number of aromatic hydroxyl groups is 1. The van der Waals surface area contributed by atoms with Crippen LogP contribution in [0.15, 0.2) is 82.6 Å². The molecule has 0 saturated carbocycles. The van der Waals surface area contributed by atoms with E-state index in [9.17, 15) is 24.3 Å². The third kappa shape index (κ3) is 4.79. The molecule has 3 amide bonds. The highest BCUT2D eigenvalue weighted by Crippen LogP contribution is 2.54. The average Bonchev–Trinajstić information content (AvgIpc) is 3.40. The smallest absolute Gasteiger partial charge is 0.308 e. The lowest BCUT2D eigenvalue weighted by atomic mass is 9.83. The summed E-state index contributed by atoms with van der Waals surface area (Å²) in [4.78, 5) is 55.3. The SMILES string of the molecule is COc1cc(C2c3sc(=O)n(CC(=O)Nc4ccccc4)c3SC3C(=O)N(c4ccc(Cl)cc4)C(=O)C32)ccc1O. The van der Waals surface area contributed by atoms with Gasteiger partial charge in [0.05, 0.1) is 23.7 Å². The number of imide groups is 1. The summed E-state index contributed by atoms with van der Waals surface area (Å²) in [5, 5.41) is 13.1. The Balaban J connectivity index is 1.44. The molecule has 3 atom stereocenters. The van der Waals surface area contributed by atoms with E-state index in [-0.39, 0.29) is 22.9 Å². The number of ether oxygens (including phenoxy) is 1. The maximum Gasteiger partial charge on any atom is 0.308 e. The second-order valence-electron chi connectivity index (χ2n) is 9.50. The molecule has 1 aromatic heterocycles. The molecule has 0 spiro atoms. The van der Waals surface area contributed by atoms with Crippen LogP contribution in [-0.2, 0) is 20.9 Å². The number of methoxy groups -OCH3 is 1. The number of phenolic OH excluding ortho intramolecular Hbond substituents is 1. The van der Waals surface area contributed by atoms with Crippen LogP contribution in [0.1, 0.15) is 16.4 Å². The molecule has 9 nitrogen and oxygen atoms in total. The first-order valence-electron chi connectivity index (χ1n) is 12.5. The van der Waals surface area contributed by atoms with Gasteiger partial charge in [-0.05, 0) is 54.1 Å². The van der Waals surface area contributed by atoms with Crippen molar-refractivity contribution in [2.75, 3.05) is 17.3 Å². The Morgan fingerprint density at radius 1 is 1.02 bits per heavy atom. The van der Waals surface area contributed by atoms with Crippen LogP contribution in [0.4, 0.5) is 11.4 Å². The number of carbonyl (C=O) groups excluding carboxylic acids is 3. The van der Waals surface area contributed by atoms with Gasteiger partial charge in [-0.2, -0.15) is 0 Å². The van der Waals surface area contributed by atoms with Crippen LogP contribution in [0.5, 0.6) is 11.5 Å². The molecule has 2 aliphatic heterocycles. The zero-order chi connectivity index (χ0) is 28.8. The first-order valence-corrected chi connectivity index (χ1v) is 14.6. The van der Waals surface area contributed by atoms with Crippen LogP contribution in [0.3, 0.4) is 0 Å². The van der Waals surface area contributed by atoms with Gasteiger partial charge >= 0.3 is 4.87 Å². The van der Waals surface area contributed by atoms with Gasteiger partial charge in [-0.25, -0.2) is 4.90 Å². The molecule has 3 aromatic carbocycles. The molecule has 41 heavy (non-hydrogen) atoms. The van der Waals surface area contributed by atoms with E-state index in [1.54, 1.807) is 60.7 Å². The summed E-state index contributed by atoms with van der Waals surface area (Å²) in [6.45, 7) is -0.265. The number of carbonyl (C=O) groups is 3. The number of hydrogen-bond donors (Lipinski definition) is 2. The molecule has 12 heteroatoms. The van der Waals surface area contributed by atoms with Crippen molar-refractivity contribution in [2.45, 2.75) is 22.7 Å². The fourth-order valence-corrected chi connectivity index (χ4v) is 8.11. The zero-order valence-corrected chi connectivity index (χ0v) is 23.8. The maximum absolute atomic E-state index is 14.0. The topological polar surface area (TPSA) is 118 Å². The highest BCUT2D eigenvalue weighted by molar-refractivity contribution is 8.00. The lowest BCUT2D eigenvalue weighted by molar-refractivity contribution is -0.122. The minimum absolute atomic E-state index is 0.0850. The first kappa shape index (κ1) is 27.1. The lowest BCUT2D eigenvalue weighted by Gasteiger charge is -2.31. The van der Waals surface area contributed by atoms with E-state index in [4.69, 9.17) is 16.3 Å². The normalized spacial score (nSPS) is 19.6. The molecule has 208 valence electrons. The standard InChI is InChI=1S/C29H22ClN3O6S2/c1-39-20-13-15(7-12-19(20)34)22-23-24(27(37)33(26(23)36)18-10-8-16(30)9-11-18)40-28-25(22)41-29(38)32(28)14-21(35)31-17-5-3-2-4-6-17/h2-13,22-24,34H,14H2,1H3,(H,31,35). The van der Waals surface area contributed by atoms with Gasteiger partial charge in [-0.15, -0.1) is 0 Å². The second kappa shape index (κ2) is 10.7. The summed E-state index contributed by atoms with van der Waals surface area (Å²) in [6, 6.07) is 20.0. The lowest BCUT2D eigenvalue weighted by Crippen LogP contribution is -2.33. The van der Waals surface area contributed by atoms with E-state index in [0.717, 1.165) is 28.0 Å². The molecule has 1 fully saturated rings. The quantitative estimate of drug-likeness (QED) is 0.305. The van der Waals surface area contributed by atoms with Crippen molar-refractivity contribution in [1.82, 2.24) is 4.57 Å². The molecule has 0 radical (unpaired) electrons. The molecule has 2 aliphatic rings. The molecule has 4 aromatic rings. The van der Waals surface area contributed by atoms with Gasteiger partial charge in [-0.1, -0.05) is 59.0 Å². The number of amides is 3. The highest BCUT2D eigenvalue weighted by Gasteiger charge is 2.57. The predicted molar refractivity (Wildman–Crippen MR) is 157 cm³/mol. The number of benzene rings is 3. The van der Waals surface area contributed by atoms with Crippen molar-refractivity contribution in [3.63, 3.8) is 0 Å². The molecule has 1 saturated heterocycles. The highest BCUT2D eigenvalue weighted by atomic mass is 35.5. The molecular weight excluding hydrogens is 586 g/mol. The van der Waals surface area contributed by atoms with E-state index in [1.807, 2.05) is 6.07 Å². The van der Waals surface area contributed by atoms with E-state index in [1.165, 1.54) is 17.7 Å². The number of rotatable bonds is 6. The van der Waals surface area contributed by atoms with Crippen molar-refractivity contribution >= 4 is 63.8 Å². The minimum Gasteiger partial charge on any atom is -0.504 e. The third-order valence-electron chi connectivity index (χ3n) is 7.06.